The molecule has 21 heavy (non-hydrogen) atoms. The number of rotatable bonds is 5. The Labute approximate surface area is 121 Å². The lowest BCUT2D eigenvalue weighted by molar-refractivity contribution is -0.132. The predicted molar refractivity (Wildman–Crippen MR) is 75.0 cm³/mol. The fraction of sp³-hybridized carbons (Fsp3) is 0.143. The Bertz CT molecular complexity index is 650. The van der Waals surface area contributed by atoms with Crippen molar-refractivity contribution in [3.8, 4) is 23.7 Å². The van der Waals surface area contributed by atoms with Gasteiger partial charge in [-0.1, -0.05) is 17.9 Å². The van der Waals surface area contributed by atoms with Crippen LogP contribution in [0, 0.1) is 23.2 Å². The van der Waals surface area contributed by atoms with Gasteiger partial charge in [0.15, 0.2) is 5.70 Å². The van der Waals surface area contributed by atoms with Crippen LogP contribution in [-0.4, -0.2) is 11.1 Å². The molecule has 0 aromatic heterocycles. The average molecular weight is 286 g/mol. The Kier molecular flexibility index (Phi) is 6.13. The van der Waals surface area contributed by atoms with Gasteiger partial charge in [0.1, 0.15) is 5.75 Å². The Balaban J connectivity index is 2.90. The van der Waals surface area contributed by atoms with Crippen LogP contribution in [0.25, 0.3) is 0 Å². The average Bonchev–Trinajstić information content (AvgIpc) is 2.49. The van der Waals surface area contributed by atoms with E-state index in [1.165, 1.54) is 0 Å². The molecule has 108 valence electrons. The summed E-state index contributed by atoms with van der Waals surface area (Å²) in [6.07, 6.45) is 0.839. The van der Waals surface area contributed by atoms with Crippen molar-refractivity contribution in [2.75, 3.05) is 0 Å². The molecule has 0 aliphatic heterocycles. The van der Waals surface area contributed by atoms with E-state index in [1.54, 1.807) is 24.3 Å². The van der Waals surface area contributed by atoms with E-state index in [0.717, 1.165) is 0 Å². The Morgan fingerprint density at radius 1 is 1.43 bits per heavy atom. The van der Waals surface area contributed by atoms with Gasteiger partial charge in [0, 0.05) is 18.4 Å². The van der Waals surface area contributed by atoms with Gasteiger partial charge >= 0.3 is 5.97 Å². The lowest BCUT2D eigenvalue weighted by atomic mass is 10.2. The number of carbonyl (C=O) groups is 1. The van der Waals surface area contributed by atoms with Crippen LogP contribution in [0.5, 0.6) is 5.75 Å². The predicted octanol–water partition coefficient (Wildman–Crippen LogP) is 0.396. The molecule has 7 nitrogen and oxygen atoms in total. The fourth-order valence-electron chi connectivity index (χ4n) is 1.30. The van der Waals surface area contributed by atoms with Crippen LogP contribution in [0.4, 0.5) is 0 Å². The molecule has 0 amide bonds. The SMILES string of the molecule is N#CCCC#Cc1cccc(O/C(NN)=C(/N)C(=O)O)c1. The first-order valence-corrected chi connectivity index (χ1v) is 5.92. The number of hydrogen-bond acceptors (Lipinski definition) is 6. The number of nitriles is 1. The molecule has 0 saturated heterocycles. The zero-order valence-corrected chi connectivity index (χ0v) is 11.1. The number of hydrogen-bond donors (Lipinski definition) is 4. The van der Waals surface area contributed by atoms with Crippen molar-refractivity contribution in [1.82, 2.24) is 5.43 Å². The first-order chi connectivity index (χ1) is 10.1. The Hall–Kier alpha value is -3.16. The third-order valence-corrected chi connectivity index (χ3v) is 2.25. The normalized spacial score (nSPS) is 10.5. The number of nitrogens with two attached hydrogens (primary N) is 2. The van der Waals surface area contributed by atoms with Gasteiger partial charge in [-0.3, -0.25) is 5.43 Å². The summed E-state index contributed by atoms with van der Waals surface area (Å²) in [6, 6.07) is 8.65. The van der Waals surface area contributed by atoms with Crippen LogP contribution in [0.3, 0.4) is 0 Å². The second kappa shape index (κ2) is 8.10. The van der Waals surface area contributed by atoms with E-state index in [1.807, 2.05) is 6.07 Å². The highest BCUT2D eigenvalue weighted by Gasteiger charge is 2.12. The maximum absolute atomic E-state index is 10.8. The van der Waals surface area contributed by atoms with Crippen molar-refractivity contribution in [3.05, 3.63) is 41.4 Å². The molecule has 1 aromatic carbocycles. The number of nitrogens with one attached hydrogen (secondary N) is 1. The van der Waals surface area contributed by atoms with Gasteiger partial charge in [0.25, 0.3) is 0 Å². The summed E-state index contributed by atoms with van der Waals surface area (Å²) < 4.78 is 5.27. The summed E-state index contributed by atoms with van der Waals surface area (Å²) in [7, 11) is 0. The third-order valence-electron chi connectivity index (χ3n) is 2.25. The Morgan fingerprint density at radius 2 is 2.19 bits per heavy atom. The van der Waals surface area contributed by atoms with Crippen LogP contribution in [0.2, 0.25) is 0 Å². The monoisotopic (exact) mass is 286 g/mol. The quantitative estimate of drug-likeness (QED) is 0.154. The van der Waals surface area contributed by atoms with E-state index in [4.69, 9.17) is 26.7 Å². The number of ether oxygens (including phenoxy) is 1. The molecule has 0 unspecified atom stereocenters. The summed E-state index contributed by atoms with van der Waals surface area (Å²) >= 11 is 0. The first-order valence-electron chi connectivity index (χ1n) is 5.92. The minimum Gasteiger partial charge on any atom is -0.476 e. The highest BCUT2D eigenvalue weighted by atomic mass is 16.5. The summed E-state index contributed by atoms with van der Waals surface area (Å²) in [6.45, 7) is 0. The summed E-state index contributed by atoms with van der Waals surface area (Å²) in [4.78, 5) is 10.8. The topological polar surface area (TPSA) is 134 Å². The molecule has 0 fully saturated rings. The van der Waals surface area contributed by atoms with Gasteiger partial charge in [-0.05, 0) is 18.2 Å². The highest BCUT2D eigenvalue weighted by molar-refractivity contribution is 5.85. The number of aliphatic carboxylic acids is 1. The third kappa shape index (κ3) is 5.15. The van der Waals surface area contributed by atoms with Gasteiger partial charge in [-0.2, -0.15) is 5.26 Å². The lowest BCUT2D eigenvalue weighted by Crippen LogP contribution is -2.31. The van der Waals surface area contributed by atoms with E-state index in [0.29, 0.717) is 24.2 Å². The van der Waals surface area contributed by atoms with E-state index in [-0.39, 0.29) is 5.88 Å². The molecule has 1 rings (SSSR count). The lowest BCUT2D eigenvalue weighted by Gasteiger charge is -2.10. The molecule has 1 aromatic rings. The molecule has 0 saturated carbocycles. The van der Waals surface area contributed by atoms with Gasteiger partial charge in [-0.15, -0.1) is 0 Å². The maximum Gasteiger partial charge on any atom is 0.357 e. The zero-order chi connectivity index (χ0) is 15.7. The molecule has 0 heterocycles. The van der Waals surface area contributed by atoms with E-state index in [2.05, 4.69) is 17.3 Å². The number of carboxylic acid groups (broad SMARTS) is 1. The fourth-order valence-corrected chi connectivity index (χ4v) is 1.30. The summed E-state index contributed by atoms with van der Waals surface area (Å²) in [5.41, 5.74) is 7.54. The summed E-state index contributed by atoms with van der Waals surface area (Å²) in [5.74, 6) is 9.60. The molecule has 0 spiro atoms. The molecule has 0 atom stereocenters. The van der Waals surface area contributed by atoms with Crippen LogP contribution < -0.4 is 21.7 Å². The highest BCUT2D eigenvalue weighted by Crippen LogP contribution is 2.15. The van der Waals surface area contributed by atoms with Crippen molar-refractivity contribution in [2.45, 2.75) is 12.8 Å². The number of nitrogens with zero attached hydrogens (tertiary/aromatic N) is 1. The van der Waals surface area contributed by atoms with Crippen molar-refractivity contribution < 1.29 is 14.6 Å². The Morgan fingerprint density at radius 3 is 2.81 bits per heavy atom. The maximum atomic E-state index is 10.8. The zero-order valence-electron chi connectivity index (χ0n) is 11.1. The first kappa shape index (κ1) is 15.9. The molecular weight excluding hydrogens is 272 g/mol. The molecule has 0 aliphatic rings. The van der Waals surface area contributed by atoms with E-state index >= 15 is 0 Å². The molecule has 0 radical (unpaired) electrons. The van der Waals surface area contributed by atoms with Gasteiger partial charge in [0.05, 0.1) is 6.07 Å². The molecule has 7 heteroatoms. The van der Waals surface area contributed by atoms with Crippen molar-refractivity contribution in [1.29, 1.82) is 5.26 Å². The van der Waals surface area contributed by atoms with Crippen LogP contribution in [0.1, 0.15) is 18.4 Å². The van der Waals surface area contributed by atoms with Crippen LogP contribution in [0.15, 0.2) is 35.8 Å². The number of hydrazine groups is 1. The van der Waals surface area contributed by atoms with Gasteiger partial charge in [-0.25, -0.2) is 10.6 Å². The van der Waals surface area contributed by atoms with E-state index in [9.17, 15) is 4.79 Å². The largest absolute Gasteiger partial charge is 0.476 e. The second-order valence-electron chi connectivity index (χ2n) is 3.78. The number of carboxylic acids is 1. The molecule has 0 aliphatic carbocycles. The second-order valence-corrected chi connectivity index (χ2v) is 3.78. The van der Waals surface area contributed by atoms with Crippen LogP contribution >= 0.6 is 0 Å². The molecular formula is C14H14N4O3. The summed E-state index contributed by atoms with van der Waals surface area (Å²) in [5, 5.41) is 17.2. The minimum atomic E-state index is -1.35. The molecule has 6 N–H and O–H groups in total. The van der Waals surface area contributed by atoms with E-state index < -0.39 is 11.7 Å². The smallest absolute Gasteiger partial charge is 0.357 e. The number of benzene rings is 1. The van der Waals surface area contributed by atoms with Gasteiger partial charge in [0.2, 0.25) is 5.88 Å². The van der Waals surface area contributed by atoms with Gasteiger partial charge < -0.3 is 15.6 Å². The van der Waals surface area contributed by atoms with Crippen molar-refractivity contribution in [3.63, 3.8) is 0 Å². The van der Waals surface area contributed by atoms with Crippen LogP contribution in [-0.2, 0) is 4.79 Å². The molecule has 0 bridgehead atoms. The number of unbranched alkanes of at least 4 members (excludes halogenated alkanes) is 1. The van der Waals surface area contributed by atoms with Crippen molar-refractivity contribution >= 4 is 5.97 Å². The van der Waals surface area contributed by atoms with Crippen molar-refractivity contribution in [2.24, 2.45) is 11.6 Å². The minimum absolute atomic E-state index is 0.267. The standard InChI is InChI=1S/C14H14N4O3/c15-8-3-1-2-5-10-6-4-7-11(9-10)21-13(18-17)12(16)14(19)20/h4,6-7,9,18H,1,3,16-17H2,(H,19,20)/b13-12+.